The SMILES string of the molecule is Nc1onc(-c2ccc(F)cc2)c1-c1ccc(Cl)cc1. The van der Waals surface area contributed by atoms with Crippen LogP contribution in [0.1, 0.15) is 0 Å². The Hall–Kier alpha value is -2.33. The van der Waals surface area contributed by atoms with E-state index < -0.39 is 0 Å². The normalized spacial score (nSPS) is 10.7. The summed E-state index contributed by atoms with van der Waals surface area (Å²) in [6, 6.07) is 13.2. The summed E-state index contributed by atoms with van der Waals surface area (Å²) in [6.45, 7) is 0. The molecule has 0 unspecified atom stereocenters. The standard InChI is InChI=1S/C15H10ClFN2O/c16-11-5-1-9(2-6-11)13-14(19-20-15(13)18)10-3-7-12(17)8-4-10/h1-8H,18H2. The van der Waals surface area contributed by atoms with Crippen LogP contribution in [0.25, 0.3) is 22.4 Å². The van der Waals surface area contributed by atoms with Crippen molar-refractivity contribution >= 4 is 17.5 Å². The van der Waals surface area contributed by atoms with Gasteiger partial charge in [-0.05, 0) is 42.0 Å². The summed E-state index contributed by atoms with van der Waals surface area (Å²) in [5.41, 5.74) is 8.66. The Kier molecular flexibility index (Phi) is 3.16. The molecule has 100 valence electrons. The van der Waals surface area contributed by atoms with Gasteiger partial charge in [-0.2, -0.15) is 0 Å². The summed E-state index contributed by atoms with van der Waals surface area (Å²) >= 11 is 5.88. The van der Waals surface area contributed by atoms with Crippen molar-refractivity contribution in [3.05, 3.63) is 59.4 Å². The fourth-order valence-corrected chi connectivity index (χ4v) is 2.13. The van der Waals surface area contributed by atoms with Crippen LogP contribution in [0.5, 0.6) is 0 Å². The molecule has 3 nitrogen and oxygen atoms in total. The molecule has 0 atom stereocenters. The minimum absolute atomic E-state index is 0.214. The number of rotatable bonds is 2. The van der Waals surface area contributed by atoms with Crippen LogP contribution in [0.3, 0.4) is 0 Å². The molecule has 0 aliphatic carbocycles. The Balaban J connectivity index is 2.14. The first kappa shape index (κ1) is 12.7. The van der Waals surface area contributed by atoms with Gasteiger partial charge in [0.1, 0.15) is 11.5 Å². The molecular weight excluding hydrogens is 279 g/mol. The lowest BCUT2D eigenvalue weighted by Gasteiger charge is -2.03. The number of halogens is 2. The molecule has 0 saturated carbocycles. The second-order valence-electron chi connectivity index (χ2n) is 4.28. The highest BCUT2D eigenvalue weighted by Crippen LogP contribution is 2.36. The molecule has 0 bridgehead atoms. The summed E-state index contributed by atoms with van der Waals surface area (Å²) in [4.78, 5) is 0. The average Bonchev–Trinajstić information content (AvgIpc) is 2.83. The first-order chi connectivity index (χ1) is 9.65. The molecule has 2 aromatic carbocycles. The van der Waals surface area contributed by atoms with Crippen LogP contribution in [0.2, 0.25) is 5.02 Å². The Bertz CT molecular complexity index is 736. The summed E-state index contributed by atoms with van der Waals surface area (Å²) in [6.07, 6.45) is 0. The van der Waals surface area contributed by atoms with Crippen LogP contribution in [-0.2, 0) is 0 Å². The van der Waals surface area contributed by atoms with Gasteiger partial charge in [0.15, 0.2) is 0 Å². The average molecular weight is 289 g/mol. The number of nitrogens with zero attached hydrogens (tertiary/aromatic N) is 1. The quantitative estimate of drug-likeness (QED) is 0.761. The molecule has 0 fully saturated rings. The summed E-state index contributed by atoms with van der Waals surface area (Å²) in [5, 5.41) is 4.59. The molecule has 1 aromatic heterocycles. The number of aromatic nitrogens is 1. The van der Waals surface area contributed by atoms with Crippen LogP contribution < -0.4 is 5.73 Å². The predicted octanol–water partition coefficient (Wildman–Crippen LogP) is 4.38. The van der Waals surface area contributed by atoms with Crippen LogP contribution in [0.4, 0.5) is 10.3 Å². The maximum Gasteiger partial charge on any atom is 0.230 e. The van der Waals surface area contributed by atoms with Crippen molar-refractivity contribution in [1.82, 2.24) is 5.16 Å². The zero-order valence-corrected chi connectivity index (χ0v) is 11.1. The molecule has 0 saturated heterocycles. The van der Waals surface area contributed by atoms with E-state index in [9.17, 15) is 4.39 Å². The van der Waals surface area contributed by atoms with Gasteiger partial charge in [-0.25, -0.2) is 4.39 Å². The van der Waals surface area contributed by atoms with Crippen molar-refractivity contribution in [2.75, 3.05) is 5.73 Å². The van der Waals surface area contributed by atoms with Gasteiger partial charge in [0, 0.05) is 10.6 Å². The fourth-order valence-electron chi connectivity index (χ4n) is 2.00. The maximum atomic E-state index is 13.0. The number of nitrogen functional groups attached to an aromatic ring is 1. The van der Waals surface area contributed by atoms with Crippen LogP contribution in [0, 0.1) is 5.82 Å². The molecule has 0 radical (unpaired) electrons. The smallest absolute Gasteiger partial charge is 0.230 e. The van der Waals surface area contributed by atoms with Crippen molar-refractivity contribution in [3.8, 4) is 22.4 Å². The Labute approximate surface area is 119 Å². The van der Waals surface area contributed by atoms with E-state index in [4.69, 9.17) is 21.9 Å². The summed E-state index contributed by atoms with van der Waals surface area (Å²) in [5.74, 6) is -0.0927. The molecule has 0 spiro atoms. The van der Waals surface area contributed by atoms with Gasteiger partial charge in [-0.1, -0.05) is 28.9 Å². The van der Waals surface area contributed by atoms with Crippen molar-refractivity contribution in [1.29, 1.82) is 0 Å². The molecule has 20 heavy (non-hydrogen) atoms. The second-order valence-corrected chi connectivity index (χ2v) is 4.72. The van der Waals surface area contributed by atoms with E-state index in [0.717, 1.165) is 11.1 Å². The minimum Gasteiger partial charge on any atom is -0.367 e. The van der Waals surface area contributed by atoms with Gasteiger partial charge in [0.05, 0.1) is 5.56 Å². The lowest BCUT2D eigenvalue weighted by Crippen LogP contribution is -1.88. The number of nitrogens with two attached hydrogens (primary N) is 1. The van der Waals surface area contributed by atoms with Gasteiger partial charge in [0.25, 0.3) is 0 Å². The molecule has 3 rings (SSSR count). The Morgan fingerprint density at radius 1 is 0.950 bits per heavy atom. The molecule has 1 heterocycles. The van der Waals surface area contributed by atoms with Gasteiger partial charge in [0.2, 0.25) is 5.88 Å². The van der Waals surface area contributed by atoms with E-state index in [2.05, 4.69) is 5.16 Å². The van der Waals surface area contributed by atoms with E-state index in [1.807, 2.05) is 12.1 Å². The van der Waals surface area contributed by atoms with Crippen LogP contribution in [-0.4, -0.2) is 5.16 Å². The molecule has 0 amide bonds. The third-order valence-electron chi connectivity index (χ3n) is 2.97. The lowest BCUT2D eigenvalue weighted by atomic mass is 10.0. The highest BCUT2D eigenvalue weighted by molar-refractivity contribution is 6.30. The predicted molar refractivity (Wildman–Crippen MR) is 76.8 cm³/mol. The first-order valence-electron chi connectivity index (χ1n) is 5.92. The Morgan fingerprint density at radius 3 is 2.20 bits per heavy atom. The van der Waals surface area contributed by atoms with Gasteiger partial charge < -0.3 is 10.3 Å². The van der Waals surface area contributed by atoms with Gasteiger partial charge in [-0.15, -0.1) is 0 Å². The van der Waals surface area contributed by atoms with Crippen molar-refractivity contribution in [2.45, 2.75) is 0 Å². The van der Waals surface area contributed by atoms with Crippen molar-refractivity contribution in [3.63, 3.8) is 0 Å². The highest BCUT2D eigenvalue weighted by atomic mass is 35.5. The summed E-state index contributed by atoms with van der Waals surface area (Å²) in [7, 11) is 0. The van der Waals surface area contributed by atoms with E-state index in [-0.39, 0.29) is 11.7 Å². The number of benzene rings is 2. The second kappa shape index (κ2) is 4.98. The minimum atomic E-state index is -0.307. The number of hydrogen-bond acceptors (Lipinski definition) is 3. The van der Waals surface area contributed by atoms with Crippen LogP contribution >= 0.6 is 11.6 Å². The summed E-state index contributed by atoms with van der Waals surface area (Å²) < 4.78 is 18.1. The fraction of sp³-hybridized carbons (Fsp3) is 0. The topological polar surface area (TPSA) is 52.0 Å². The maximum absolute atomic E-state index is 13.0. The van der Waals surface area contributed by atoms with Crippen molar-refractivity contribution in [2.24, 2.45) is 0 Å². The monoisotopic (exact) mass is 288 g/mol. The zero-order chi connectivity index (χ0) is 14.1. The molecular formula is C15H10ClFN2O. The Morgan fingerprint density at radius 2 is 1.55 bits per heavy atom. The zero-order valence-electron chi connectivity index (χ0n) is 10.3. The largest absolute Gasteiger partial charge is 0.367 e. The van der Waals surface area contributed by atoms with Gasteiger partial charge >= 0.3 is 0 Å². The van der Waals surface area contributed by atoms with E-state index >= 15 is 0 Å². The van der Waals surface area contributed by atoms with E-state index in [1.54, 1.807) is 24.3 Å². The highest BCUT2D eigenvalue weighted by Gasteiger charge is 2.17. The molecule has 5 heteroatoms. The van der Waals surface area contributed by atoms with Gasteiger partial charge in [-0.3, -0.25) is 0 Å². The van der Waals surface area contributed by atoms with Crippen LogP contribution in [0.15, 0.2) is 53.1 Å². The molecule has 0 aliphatic rings. The first-order valence-corrected chi connectivity index (χ1v) is 6.30. The number of hydrogen-bond donors (Lipinski definition) is 1. The molecule has 0 aliphatic heterocycles. The number of anilines is 1. The third kappa shape index (κ3) is 2.26. The third-order valence-corrected chi connectivity index (χ3v) is 3.22. The molecule has 2 N–H and O–H groups in total. The van der Waals surface area contributed by atoms with E-state index in [1.165, 1.54) is 12.1 Å². The molecule has 3 aromatic rings. The van der Waals surface area contributed by atoms with Crippen molar-refractivity contribution < 1.29 is 8.91 Å². The lowest BCUT2D eigenvalue weighted by molar-refractivity contribution is 0.439. The van der Waals surface area contributed by atoms with E-state index in [0.29, 0.717) is 16.3 Å².